The van der Waals surface area contributed by atoms with Gasteiger partial charge in [0.2, 0.25) is 0 Å². The van der Waals surface area contributed by atoms with Crippen molar-refractivity contribution in [3.05, 3.63) is 35.4 Å². The van der Waals surface area contributed by atoms with Crippen LogP contribution in [0.2, 0.25) is 0 Å². The molecule has 0 aliphatic rings. The average molecular weight is 127 g/mol. The van der Waals surface area contributed by atoms with Crippen LogP contribution >= 0.6 is 0 Å². The van der Waals surface area contributed by atoms with Crippen molar-refractivity contribution in [1.29, 1.82) is 0 Å². The highest BCUT2D eigenvalue weighted by Gasteiger charge is 1.96. The molecular weight excluding hydrogens is 122 g/mol. The normalized spacial score (nSPS) is 9.67. The summed E-state index contributed by atoms with van der Waals surface area (Å²) in [5.41, 5.74) is 0.311. The van der Waals surface area contributed by atoms with Crippen LogP contribution < -0.4 is 0 Å². The SMILES string of the molecule is Cc1cc(F)[c]cc1F. The van der Waals surface area contributed by atoms with Crippen LogP contribution in [0.3, 0.4) is 0 Å². The third-order valence-electron chi connectivity index (χ3n) is 1.06. The molecule has 0 unspecified atom stereocenters. The second kappa shape index (κ2) is 2.13. The first kappa shape index (κ1) is 6.20. The molecule has 0 aliphatic carbocycles. The van der Waals surface area contributed by atoms with E-state index in [1.807, 2.05) is 0 Å². The van der Waals surface area contributed by atoms with Crippen molar-refractivity contribution < 1.29 is 8.78 Å². The Hall–Kier alpha value is -0.920. The molecule has 0 spiro atoms. The van der Waals surface area contributed by atoms with Gasteiger partial charge < -0.3 is 0 Å². The van der Waals surface area contributed by atoms with E-state index in [9.17, 15) is 8.78 Å². The van der Waals surface area contributed by atoms with Crippen LogP contribution in [0.1, 0.15) is 5.56 Å². The topological polar surface area (TPSA) is 0 Å². The molecule has 9 heavy (non-hydrogen) atoms. The molecule has 0 amide bonds. The summed E-state index contributed by atoms with van der Waals surface area (Å²) < 4.78 is 24.4. The van der Waals surface area contributed by atoms with Crippen LogP contribution in [-0.4, -0.2) is 0 Å². The van der Waals surface area contributed by atoms with Crippen LogP contribution in [0.5, 0.6) is 0 Å². The van der Waals surface area contributed by atoms with Crippen LogP contribution in [0.15, 0.2) is 12.1 Å². The smallest absolute Gasteiger partial charge is 0.131 e. The summed E-state index contributed by atoms with van der Waals surface area (Å²) in [4.78, 5) is 0. The Morgan fingerprint density at radius 3 is 2.56 bits per heavy atom. The fourth-order valence-electron chi connectivity index (χ4n) is 0.547. The predicted octanol–water partition coefficient (Wildman–Crippen LogP) is 2.07. The molecule has 0 aromatic heterocycles. The molecule has 47 valence electrons. The molecule has 1 aromatic rings. The molecule has 0 aliphatic heterocycles. The summed E-state index contributed by atoms with van der Waals surface area (Å²) in [6.45, 7) is 1.51. The van der Waals surface area contributed by atoms with E-state index < -0.39 is 11.6 Å². The van der Waals surface area contributed by atoms with Gasteiger partial charge in [-0.3, -0.25) is 0 Å². The molecule has 0 N–H and O–H groups in total. The third kappa shape index (κ3) is 1.25. The predicted molar refractivity (Wildman–Crippen MR) is 29.9 cm³/mol. The van der Waals surface area contributed by atoms with Gasteiger partial charge in [0.05, 0.1) is 0 Å². The minimum absolute atomic E-state index is 0.311. The van der Waals surface area contributed by atoms with Gasteiger partial charge >= 0.3 is 0 Å². The van der Waals surface area contributed by atoms with Crippen molar-refractivity contribution in [3.63, 3.8) is 0 Å². The van der Waals surface area contributed by atoms with Crippen molar-refractivity contribution in [2.75, 3.05) is 0 Å². The first-order valence-corrected chi connectivity index (χ1v) is 2.53. The molecule has 1 rings (SSSR count). The Bertz CT molecular complexity index is 218. The van der Waals surface area contributed by atoms with Crippen molar-refractivity contribution in [1.82, 2.24) is 0 Å². The van der Waals surface area contributed by atoms with E-state index in [1.54, 1.807) is 0 Å². The molecule has 0 atom stereocenters. The third-order valence-corrected chi connectivity index (χ3v) is 1.06. The lowest BCUT2D eigenvalue weighted by Gasteiger charge is -1.91. The molecular formula is C7H5F2. The summed E-state index contributed by atoms with van der Waals surface area (Å²) in [5.74, 6) is -0.940. The maximum Gasteiger partial charge on any atom is 0.131 e. The Morgan fingerprint density at radius 2 is 2.11 bits per heavy atom. The number of hydrogen-bond donors (Lipinski definition) is 0. The van der Waals surface area contributed by atoms with Crippen LogP contribution in [0, 0.1) is 24.6 Å². The van der Waals surface area contributed by atoms with Gasteiger partial charge in [-0.2, -0.15) is 0 Å². The second-order valence-electron chi connectivity index (χ2n) is 1.81. The molecule has 0 fully saturated rings. The van der Waals surface area contributed by atoms with E-state index in [1.165, 1.54) is 6.92 Å². The van der Waals surface area contributed by atoms with Crippen molar-refractivity contribution in [3.8, 4) is 0 Å². The standard InChI is InChI=1S/C7H5F2/c1-5-4-6(8)2-3-7(5)9/h3-4H,1H3. The highest BCUT2D eigenvalue weighted by atomic mass is 19.1. The molecule has 0 saturated heterocycles. The van der Waals surface area contributed by atoms with E-state index in [-0.39, 0.29) is 0 Å². The molecule has 2 heteroatoms. The minimum atomic E-state index is -0.520. The quantitative estimate of drug-likeness (QED) is 0.500. The fourth-order valence-corrected chi connectivity index (χ4v) is 0.547. The summed E-state index contributed by atoms with van der Waals surface area (Å²) in [5, 5.41) is 0. The molecule has 0 heterocycles. The van der Waals surface area contributed by atoms with Gasteiger partial charge in [-0.05, 0) is 24.6 Å². The van der Waals surface area contributed by atoms with Gasteiger partial charge in [0, 0.05) is 6.07 Å². The summed E-state index contributed by atoms with van der Waals surface area (Å²) in [6.07, 6.45) is 0. The number of halogens is 2. The first-order chi connectivity index (χ1) is 4.20. The average Bonchev–Trinajstić information content (AvgIpc) is 1.80. The lowest BCUT2D eigenvalue weighted by atomic mass is 10.2. The largest absolute Gasteiger partial charge is 0.207 e. The van der Waals surface area contributed by atoms with E-state index in [0.29, 0.717) is 5.56 Å². The number of rotatable bonds is 0. The number of benzene rings is 1. The maximum absolute atomic E-state index is 12.3. The second-order valence-corrected chi connectivity index (χ2v) is 1.81. The van der Waals surface area contributed by atoms with Gasteiger partial charge in [0.25, 0.3) is 0 Å². The number of hydrogen-bond acceptors (Lipinski definition) is 0. The Labute approximate surface area is 52.1 Å². The van der Waals surface area contributed by atoms with Crippen LogP contribution in [-0.2, 0) is 0 Å². The Morgan fingerprint density at radius 1 is 1.44 bits per heavy atom. The maximum atomic E-state index is 12.3. The zero-order valence-corrected chi connectivity index (χ0v) is 4.91. The van der Waals surface area contributed by atoms with E-state index in [0.717, 1.165) is 12.1 Å². The zero-order valence-electron chi connectivity index (χ0n) is 4.91. The Kier molecular flexibility index (Phi) is 1.47. The molecule has 0 saturated carbocycles. The van der Waals surface area contributed by atoms with E-state index in [2.05, 4.69) is 6.07 Å². The monoisotopic (exact) mass is 127 g/mol. The highest BCUT2D eigenvalue weighted by Crippen LogP contribution is 2.05. The van der Waals surface area contributed by atoms with Crippen molar-refractivity contribution in [2.45, 2.75) is 6.92 Å². The van der Waals surface area contributed by atoms with Crippen molar-refractivity contribution >= 4 is 0 Å². The zero-order chi connectivity index (χ0) is 6.85. The lowest BCUT2D eigenvalue weighted by molar-refractivity contribution is 0.590. The minimum Gasteiger partial charge on any atom is -0.207 e. The summed E-state index contributed by atoms with van der Waals surface area (Å²) in [7, 11) is 0. The molecule has 0 bridgehead atoms. The van der Waals surface area contributed by atoms with E-state index in [4.69, 9.17) is 0 Å². The van der Waals surface area contributed by atoms with Gasteiger partial charge in [-0.15, -0.1) is 0 Å². The highest BCUT2D eigenvalue weighted by molar-refractivity contribution is 5.15. The Balaban J connectivity index is 3.17. The van der Waals surface area contributed by atoms with Crippen LogP contribution in [0.25, 0.3) is 0 Å². The van der Waals surface area contributed by atoms with Crippen molar-refractivity contribution in [2.24, 2.45) is 0 Å². The van der Waals surface area contributed by atoms with Gasteiger partial charge in [-0.1, -0.05) is 0 Å². The fraction of sp³-hybridized carbons (Fsp3) is 0.143. The van der Waals surface area contributed by atoms with Gasteiger partial charge in [0.1, 0.15) is 11.6 Å². The summed E-state index contributed by atoms with van der Waals surface area (Å²) in [6, 6.07) is 4.20. The lowest BCUT2D eigenvalue weighted by Crippen LogP contribution is -1.82. The van der Waals surface area contributed by atoms with Gasteiger partial charge in [0.15, 0.2) is 0 Å². The number of aryl methyl sites for hydroxylation is 1. The first-order valence-electron chi connectivity index (χ1n) is 2.53. The van der Waals surface area contributed by atoms with Gasteiger partial charge in [-0.25, -0.2) is 8.78 Å². The summed E-state index contributed by atoms with van der Waals surface area (Å²) >= 11 is 0. The van der Waals surface area contributed by atoms with E-state index >= 15 is 0 Å². The molecule has 1 radical (unpaired) electrons. The van der Waals surface area contributed by atoms with Crippen LogP contribution in [0.4, 0.5) is 8.78 Å². The molecule has 1 aromatic carbocycles. The molecule has 0 nitrogen and oxygen atoms in total.